The quantitative estimate of drug-likeness (QED) is 0.824. The Bertz CT molecular complexity index is 482. The number of hydrogen-bond donors (Lipinski definition) is 2. The highest BCUT2D eigenvalue weighted by molar-refractivity contribution is 9.10. The van der Waals surface area contributed by atoms with Crippen LogP contribution in [0, 0.1) is 0 Å². The third-order valence-electron chi connectivity index (χ3n) is 1.93. The van der Waals surface area contributed by atoms with Gasteiger partial charge < -0.3 is 10.7 Å². The van der Waals surface area contributed by atoms with Crippen molar-refractivity contribution in [2.24, 2.45) is 5.73 Å². The maximum Gasteiger partial charge on any atom is 0.265 e. The summed E-state index contributed by atoms with van der Waals surface area (Å²) in [6, 6.07) is 5.27. The Labute approximate surface area is 93.4 Å². The number of amides is 1. The minimum atomic E-state index is -0.478. The molecule has 0 saturated heterocycles. The van der Waals surface area contributed by atoms with Crippen LogP contribution in [0.25, 0.3) is 10.9 Å². The van der Waals surface area contributed by atoms with Crippen LogP contribution >= 0.6 is 27.5 Å². The molecule has 72 valence electrons. The van der Waals surface area contributed by atoms with Gasteiger partial charge >= 0.3 is 0 Å². The van der Waals surface area contributed by atoms with Crippen molar-refractivity contribution in [2.75, 3.05) is 0 Å². The van der Waals surface area contributed by atoms with Crippen LogP contribution < -0.4 is 5.73 Å². The van der Waals surface area contributed by atoms with Gasteiger partial charge in [0.25, 0.3) is 5.91 Å². The molecule has 0 saturated carbocycles. The standard InChI is InChI=1S/C9H6BrClN2O/c10-5-1-4-2-8(9(12)14)13-7(4)3-6(5)11/h1-3,13H,(H2,12,14). The number of nitrogens with one attached hydrogen (secondary N) is 1. The van der Waals surface area contributed by atoms with Gasteiger partial charge in [0.15, 0.2) is 0 Å². The lowest BCUT2D eigenvalue weighted by atomic mass is 10.2. The number of aromatic amines is 1. The van der Waals surface area contributed by atoms with E-state index in [0.29, 0.717) is 10.7 Å². The lowest BCUT2D eigenvalue weighted by Gasteiger charge is -1.94. The summed E-state index contributed by atoms with van der Waals surface area (Å²) in [5.41, 5.74) is 6.32. The number of hydrogen-bond acceptors (Lipinski definition) is 1. The molecule has 0 aliphatic carbocycles. The Morgan fingerprint density at radius 2 is 2.14 bits per heavy atom. The van der Waals surface area contributed by atoms with E-state index in [2.05, 4.69) is 20.9 Å². The molecule has 1 amide bonds. The monoisotopic (exact) mass is 272 g/mol. The first kappa shape index (κ1) is 9.55. The van der Waals surface area contributed by atoms with Crippen LogP contribution in [0.5, 0.6) is 0 Å². The first-order valence-electron chi connectivity index (χ1n) is 3.85. The van der Waals surface area contributed by atoms with Crippen molar-refractivity contribution in [1.82, 2.24) is 4.98 Å². The van der Waals surface area contributed by atoms with Gasteiger partial charge in [0.1, 0.15) is 5.69 Å². The topological polar surface area (TPSA) is 58.9 Å². The van der Waals surface area contributed by atoms with Crippen LogP contribution in [0.4, 0.5) is 0 Å². The van der Waals surface area contributed by atoms with Crippen LogP contribution in [0.3, 0.4) is 0 Å². The van der Waals surface area contributed by atoms with Crippen LogP contribution in [0.1, 0.15) is 10.5 Å². The molecular weight excluding hydrogens is 267 g/mol. The van der Waals surface area contributed by atoms with Gasteiger partial charge in [-0.2, -0.15) is 0 Å². The van der Waals surface area contributed by atoms with E-state index in [1.54, 1.807) is 12.1 Å². The molecule has 1 aromatic carbocycles. The SMILES string of the molecule is NC(=O)c1cc2cc(Br)c(Cl)cc2[nH]1. The van der Waals surface area contributed by atoms with E-state index in [4.69, 9.17) is 17.3 Å². The smallest absolute Gasteiger partial charge is 0.265 e. The van der Waals surface area contributed by atoms with E-state index in [9.17, 15) is 4.79 Å². The van der Waals surface area contributed by atoms with E-state index < -0.39 is 5.91 Å². The molecule has 1 aromatic heterocycles. The minimum Gasteiger partial charge on any atom is -0.364 e. The molecular formula is C9H6BrClN2O. The van der Waals surface area contributed by atoms with Crippen LogP contribution in [0.15, 0.2) is 22.7 Å². The van der Waals surface area contributed by atoms with Gasteiger partial charge in [0.2, 0.25) is 0 Å². The zero-order chi connectivity index (χ0) is 10.3. The van der Waals surface area contributed by atoms with Gasteiger partial charge in [-0.05, 0) is 34.1 Å². The van der Waals surface area contributed by atoms with Crippen molar-refractivity contribution in [3.8, 4) is 0 Å². The number of rotatable bonds is 1. The number of carbonyl (C=O) groups excluding carboxylic acids is 1. The maximum atomic E-state index is 10.9. The number of fused-ring (bicyclic) bond motifs is 1. The van der Waals surface area contributed by atoms with Gasteiger partial charge in [-0.25, -0.2) is 0 Å². The number of carbonyl (C=O) groups is 1. The molecule has 5 heteroatoms. The molecule has 0 unspecified atom stereocenters. The highest BCUT2D eigenvalue weighted by atomic mass is 79.9. The van der Waals surface area contributed by atoms with E-state index in [-0.39, 0.29) is 0 Å². The summed E-state index contributed by atoms with van der Waals surface area (Å²) in [7, 11) is 0. The molecule has 0 spiro atoms. The number of H-pyrrole nitrogens is 1. The summed E-state index contributed by atoms with van der Waals surface area (Å²) in [6.45, 7) is 0. The van der Waals surface area contributed by atoms with Crippen LogP contribution in [0.2, 0.25) is 5.02 Å². The minimum absolute atomic E-state index is 0.383. The molecule has 0 fully saturated rings. The van der Waals surface area contributed by atoms with Crippen molar-refractivity contribution >= 4 is 44.3 Å². The zero-order valence-corrected chi connectivity index (χ0v) is 9.32. The molecule has 0 aliphatic rings. The Morgan fingerprint density at radius 1 is 1.43 bits per heavy atom. The average Bonchev–Trinajstić information content (AvgIpc) is 2.48. The summed E-state index contributed by atoms with van der Waals surface area (Å²) in [5, 5.41) is 1.49. The van der Waals surface area contributed by atoms with Crippen molar-refractivity contribution in [2.45, 2.75) is 0 Å². The number of aromatic nitrogens is 1. The fourth-order valence-electron chi connectivity index (χ4n) is 1.26. The largest absolute Gasteiger partial charge is 0.364 e. The molecule has 2 aromatic rings. The van der Waals surface area contributed by atoms with Gasteiger partial charge in [0.05, 0.1) is 5.02 Å². The number of nitrogens with two attached hydrogens (primary N) is 1. The average molecular weight is 274 g/mol. The molecule has 0 radical (unpaired) electrons. The summed E-state index contributed by atoms with van der Waals surface area (Å²) in [4.78, 5) is 13.8. The molecule has 2 rings (SSSR count). The number of halogens is 2. The van der Waals surface area contributed by atoms with Gasteiger partial charge in [-0.3, -0.25) is 4.79 Å². The molecule has 3 N–H and O–H groups in total. The molecule has 0 aliphatic heterocycles. The summed E-state index contributed by atoms with van der Waals surface area (Å²) < 4.78 is 0.793. The van der Waals surface area contributed by atoms with Crippen molar-refractivity contribution < 1.29 is 4.79 Å². The predicted molar refractivity (Wildman–Crippen MR) is 59.5 cm³/mol. The summed E-state index contributed by atoms with van der Waals surface area (Å²) in [6.07, 6.45) is 0. The van der Waals surface area contributed by atoms with Gasteiger partial charge in [0, 0.05) is 15.4 Å². The van der Waals surface area contributed by atoms with Gasteiger partial charge in [-0.1, -0.05) is 11.6 Å². The Morgan fingerprint density at radius 3 is 2.79 bits per heavy atom. The second-order valence-electron chi connectivity index (χ2n) is 2.90. The fraction of sp³-hybridized carbons (Fsp3) is 0. The van der Waals surface area contributed by atoms with E-state index in [1.165, 1.54) is 0 Å². The normalized spacial score (nSPS) is 10.7. The Kier molecular flexibility index (Phi) is 2.25. The Balaban J connectivity index is 2.72. The third-order valence-corrected chi connectivity index (χ3v) is 3.12. The number of primary amides is 1. The highest BCUT2D eigenvalue weighted by Crippen LogP contribution is 2.28. The summed E-state index contributed by atoms with van der Waals surface area (Å²) in [5.74, 6) is -0.478. The van der Waals surface area contributed by atoms with E-state index in [1.807, 2.05) is 6.07 Å². The summed E-state index contributed by atoms with van der Waals surface area (Å²) >= 11 is 9.19. The first-order chi connectivity index (χ1) is 6.58. The van der Waals surface area contributed by atoms with Crippen molar-refractivity contribution in [1.29, 1.82) is 0 Å². The number of benzene rings is 1. The van der Waals surface area contributed by atoms with Crippen molar-refractivity contribution in [3.63, 3.8) is 0 Å². The fourth-order valence-corrected chi connectivity index (χ4v) is 1.78. The molecule has 3 nitrogen and oxygen atoms in total. The lowest BCUT2D eigenvalue weighted by Crippen LogP contribution is -2.10. The molecule has 1 heterocycles. The molecule has 0 bridgehead atoms. The second kappa shape index (κ2) is 3.29. The molecule has 14 heavy (non-hydrogen) atoms. The van der Waals surface area contributed by atoms with E-state index in [0.717, 1.165) is 15.4 Å². The highest BCUT2D eigenvalue weighted by Gasteiger charge is 2.07. The van der Waals surface area contributed by atoms with Crippen LogP contribution in [-0.4, -0.2) is 10.9 Å². The predicted octanol–water partition coefficient (Wildman–Crippen LogP) is 2.68. The molecule has 0 atom stereocenters. The van der Waals surface area contributed by atoms with Crippen LogP contribution in [-0.2, 0) is 0 Å². The van der Waals surface area contributed by atoms with E-state index >= 15 is 0 Å². The van der Waals surface area contributed by atoms with Gasteiger partial charge in [-0.15, -0.1) is 0 Å². The first-order valence-corrected chi connectivity index (χ1v) is 5.02. The zero-order valence-electron chi connectivity index (χ0n) is 6.97. The lowest BCUT2D eigenvalue weighted by molar-refractivity contribution is 0.0996. The third kappa shape index (κ3) is 1.51. The maximum absolute atomic E-state index is 10.9. The van der Waals surface area contributed by atoms with Crippen molar-refractivity contribution in [3.05, 3.63) is 33.4 Å². The second-order valence-corrected chi connectivity index (χ2v) is 4.16. The Hall–Kier alpha value is -1.00.